The van der Waals surface area contributed by atoms with Crippen LogP contribution in [0.15, 0.2) is 0 Å². The Hall–Kier alpha value is -0.440. The predicted molar refractivity (Wildman–Crippen MR) is 68.6 cm³/mol. The molecule has 0 aromatic carbocycles. The van der Waals surface area contributed by atoms with Gasteiger partial charge in [-0.3, -0.25) is 0 Å². The van der Waals surface area contributed by atoms with Crippen LogP contribution in [0.25, 0.3) is 0 Å². The van der Waals surface area contributed by atoms with Gasteiger partial charge in [-0.05, 0) is 0 Å². The van der Waals surface area contributed by atoms with Gasteiger partial charge in [-0.25, -0.2) is 0 Å². The van der Waals surface area contributed by atoms with E-state index in [-0.39, 0.29) is 0 Å². The van der Waals surface area contributed by atoms with Crippen molar-refractivity contribution in [1.82, 2.24) is 0 Å². The predicted octanol–water partition coefficient (Wildman–Crippen LogP) is -5.40. The van der Waals surface area contributed by atoms with Crippen molar-refractivity contribution in [2.75, 3.05) is 13.2 Å². The second-order valence-electron chi connectivity index (χ2n) is 5.57. The van der Waals surface area contributed by atoms with Crippen molar-refractivity contribution in [3.05, 3.63) is 0 Å². The highest BCUT2D eigenvalue weighted by molar-refractivity contribution is 4.91. The molecule has 10 atom stereocenters. The van der Waals surface area contributed by atoms with Crippen molar-refractivity contribution in [3.63, 3.8) is 0 Å². The molecule has 2 saturated heterocycles. The lowest BCUT2D eigenvalue weighted by Gasteiger charge is -2.41. The van der Waals surface area contributed by atoms with E-state index in [2.05, 4.69) is 0 Å². The Morgan fingerprint density at radius 3 is 1.83 bits per heavy atom. The summed E-state index contributed by atoms with van der Waals surface area (Å²) in [6.45, 7) is -1.10. The van der Waals surface area contributed by atoms with Gasteiger partial charge in [-0.1, -0.05) is 0 Å². The number of aliphatic hydroxyl groups is 8. The number of hydrogen-bond donors (Lipinski definition) is 8. The molecule has 2 rings (SSSR count). The largest absolute Gasteiger partial charge is 0.394 e. The highest BCUT2D eigenvalue weighted by atomic mass is 16.7. The van der Waals surface area contributed by atoms with Crippen LogP contribution >= 0.6 is 0 Å². The van der Waals surface area contributed by atoms with Crippen LogP contribution < -0.4 is 0 Å². The van der Waals surface area contributed by atoms with Gasteiger partial charge in [0, 0.05) is 0 Å². The highest BCUT2D eigenvalue weighted by Crippen LogP contribution is 2.24. The number of hydrogen-bond acceptors (Lipinski definition) is 11. The van der Waals surface area contributed by atoms with Crippen LogP contribution in [0.4, 0.5) is 0 Å². The molecule has 11 nitrogen and oxygen atoms in total. The number of aliphatic hydroxyl groups excluding tert-OH is 8. The minimum absolute atomic E-state index is 0.468. The molecule has 0 radical (unpaired) electrons. The van der Waals surface area contributed by atoms with E-state index in [1.165, 1.54) is 0 Å². The molecular formula is C12H22O11. The minimum atomic E-state index is -1.74. The van der Waals surface area contributed by atoms with Gasteiger partial charge in [0.05, 0.1) is 13.2 Å². The summed E-state index contributed by atoms with van der Waals surface area (Å²) in [4.78, 5) is 0. The van der Waals surface area contributed by atoms with E-state index in [4.69, 9.17) is 19.3 Å². The van der Waals surface area contributed by atoms with Gasteiger partial charge in [0.15, 0.2) is 12.6 Å². The average molecular weight is 342 g/mol. The molecule has 136 valence electrons. The number of rotatable bonds is 4. The summed E-state index contributed by atoms with van der Waals surface area (Å²) >= 11 is 0. The molecule has 8 N–H and O–H groups in total. The van der Waals surface area contributed by atoms with Gasteiger partial charge in [0.25, 0.3) is 0 Å². The monoisotopic (exact) mass is 342 g/mol. The van der Waals surface area contributed by atoms with E-state index in [1.807, 2.05) is 0 Å². The van der Waals surface area contributed by atoms with Crippen LogP contribution in [0.5, 0.6) is 0 Å². The smallest absolute Gasteiger partial charge is 0.186 e. The summed E-state index contributed by atoms with van der Waals surface area (Å²) in [5.74, 6) is 0. The molecule has 2 aliphatic heterocycles. The highest BCUT2D eigenvalue weighted by Gasteiger charge is 2.46. The summed E-state index contributed by atoms with van der Waals surface area (Å²) in [6, 6.07) is 0. The van der Waals surface area contributed by atoms with E-state index in [1.54, 1.807) is 0 Å². The van der Waals surface area contributed by atoms with Crippen molar-refractivity contribution in [3.8, 4) is 0 Å². The normalized spacial score (nSPS) is 51.7. The quantitative estimate of drug-likeness (QED) is 0.243. The van der Waals surface area contributed by atoms with Crippen molar-refractivity contribution < 1.29 is 55.1 Å². The van der Waals surface area contributed by atoms with Crippen LogP contribution in [0.2, 0.25) is 0 Å². The summed E-state index contributed by atoms with van der Waals surface area (Å²) in [5.41, 5.74) is 0. The van der Waals surface area contributed by atoms with Crippen LogP contribution in [0.1, 0.15) is 0 Å². The fourth-order valence-corrected chi connectivity index (χ4v) is 2.46. The molecule has 0 bridgehead atoms. The summed E-state index contributed by atoms with van der Waals surface area (Å²) in [7, 11) is 0. The molecule has 5 unspecified atom stereocenters. The zero-order chi connectivity index (χ0) is 17.3. The lowest BCUT2D eigenvalue weighted by atomic mass is 9.98. The molecule has 23 heavy (non-hydrogen) atoms. The SMILES string of the molecule is OCC1O[C@H](OCC2OC(O)C(O)[C@@H](O)[C@@H]2O)C(O)[C@@H](O)[C@H]1O. The van der Waals surface area contributed by atoms with Gasteiger partial charge < -0.3 is 55.1 Å². The molecule has 0 aromatic heterocycles. The average Bonchev–Trinajstić information content (AvgIpc) is 2.54. The van der Waals surface area contributed by atoms with Gasteiger partial charge in [0.2, 0.25) is 0 Å². The van der Waals surface area contributed by atoms with Crippen molar-refractivity contribution in [2.24, 2.45) is 0 Å². The molecule has 0 saturated carbocycles. The maximum atomic E-state index is 9.78. The molecule has 2 aliphatic rings. The van der Waals surface area contributed by atoms with Crippen molar-refractivity contribution >= 4 is 0 Å². The fraction of sp³-hybridized carbons (Fsp3) is 1.00. The Bertz CT molecular complexity index is 380. The third-order valence-electron chi connectivity index (χ3n) is 3.96. The molecular weight excluding hydrogens is 320 g/mol. The first kappa shape index (κ1) is 18.9. The maximum Gasteiger partial charge on any atom is 0.186 e. The molecule has 0 aromatic rings. The Kier molecular flexibility index (Phi) is 6.27. The molecule has 11 heteroatoms. The first-order valence-electron chi connectivity index (χ1n) is 7.07. The standard InChI is InChI=1S/C12H22O11/c13-1-3-5(14)8(17)10(19)12(23-3)21-2-4-6(15)7(16)9(18)11(20)22-4/h3-20H,1-2H2/t3?,4?,5-,6+,7-,8-,9?,10?,11?,12-/m0/s1. The Morgan fingerprint density at radius 1 is 0.652 bits per heavy atom. The zero-order valence-corrected chi connectivity index (χ0v) is 12.0. The molecule has 2 heterocycles. The molecule has 0 aliphatic carbocycles. The van der Waals surface area contributed by atoms with Crippen LogP contribution in [-0.4, -0.2) is 115 Å². The maximum absolute atomic E-state index is 9.78. The van der Waals surface area contributed by atoms with E-state index < -0.39 is 74.6 Å². The molecule has 0 spiro atoms. The lowest BCUT2D eigenvalue weighted by molar-refractivity contribution is -0.325. The van der Waals surface area contributed by atoms with E-state index >= 15 is 0 Å². The van der Waals surface area contributed by atoms with Gasteiger partial charge in [0.1, 0.15) is 48.8 Å². The van der Waals surface area contributed by atoms with Gasteiger partial charge >= 0.3 is 0 Å². The summed E-state index contributed by atoms with van der Waals surface area (Å²) < 4.78 is 15.1. The summed E-state index contributed by atoms with van der Waals surface area (Å²) in [5, 5.41) is 76.1. The van der Waals surface area contributed by atoms with Crippen molar-refractivity contribution in [2.45, 2.75) is 61.4 Å². The second-order valence-corrected chi connectivity index (χ2v) is 5.57. The van der Waals surface area contributed by atoms with E-state index in [0.717, 1.165) is 0 Å². The zero-order valence-electron chi connectivity index (χ0n) is 12.0. The first-order chi connectivity index (χ1) is 10.8. The van der Waals surface area contributed by atoms with Gasteiger partial charge in [-0.15, -0.1) is 0 Å². The topological polar surface area (TPSA) is 190 Å². The second kappa shape index (κ2) is 7.63. The Morgan fingerprint density at radius 2 is 1.22 bits per heavy atom. The fourth-order valence-electron chi connectivity index (χ4n) is 2.46. The van der Waals surface area contributed by atoms with Crippen molar-refractivity contribution in [1.29, 1.82) is 0 Å². The van der Waals surface area contributed by atoms with E-state index in [0.29, 0.717) is 0 Å². The third kappa shape index (κ3) is 3.81. The van der Waals surface area contributed by atoms with Gasteiger partial charge in [-0.2, -0.15) is 0 Å². The van der Waals surface area contributed by atoms with Crippen LogP contribution in [0, 0.1) is 0 Å². The molecule has 0 amide bonds. The Labute approximate surface area is 130 Å². The lowest BCUT2D eigenvalue weighted by Crippen LogP contribution is -2.61. The third-order valence-corrected chi connectivity index (χ3v) is 3.96. The summed E-state index contributed by atoms with van der Waals surface area (Å²) in [6.07, 6.45) is -15.3. The van der Waals surface area contributed by atoms with Crippen LogP contribution in [-0.2, 0) is 14.2 Å². The van der Waals surface area contributed by atoms with Crippen LogP contribution in [0.3, 0.4) is 0 Å². The first-order valence-corrected chi connectivity index (χ1v) is 7.07. The number of ether oxygens (including phenoxy) is 3. The van der Waals surface area contributed by atoms with E-state index in [9.17, 15) is 35.7 Å². The Balaban J connectivity index is 1.94. The molecule has 2 fully saturated rings. The minimum Gasteiger partial charge on any atom is -0.394 e.